The van der Waals surface area contributed by atoms with Gasteiger partial charge in [-0.05, 0) is 23.1 Å². The first-order chi connectivity index (χ1) is 8.23. The lowest BCUT2D eigenvalue weighted by molar-refractivity contribution is 0.213. The summed E-state index contributed by atoms with van der Waals surface area (Å²) in [7, 11) is 0. The van der Waals surface area contributed by atoms with Crippen molar-refractivity contribution in [2.75, 3.05) is 12.3 Å². The summed E-state index contributed by atoms with van der Waals surface area (Å²) in [4.78, 5) is 0. The zero-order chi connectivity index (χ0) is 13.6. The predicted molar refractivity (Wildman–Crippen MR) is 77.0 cm³/mol. The molecule has 0 unspecified atom stereocenters. The summed E-state index contributed by atoms with van der Waals surface area (Å²) in [6.07, 6.45) is 0. The number of hydrogen-bond donors (Lipinski definition) is 1. The molecule has 1 aliphatic heterocycles. The third kappa shape index (κ3) is 2.12. The van der Waals surface area contributed by atoms with E-state index in [1.807, 2.05) is 24.3 Å². The molecule has 1 heterocycles. The van der Waals surface area contributed by atoms with E-state index < -0.39 is 0 Å². The zero-order valence-corrected chi connectivity index (χ0v) is 12.0. The molecule has 2 nitrogen and oxygen atoms in total. The average Bonchev–Trinajstić information content (AvgIpc) is 2.54. The van der Waals surface area contributed by atoms with E-state index in [-0.39, 0.29) is 10.8 Å². The zero-order valence-electron chi connectivity index (χ0n) is 12.0. The van der Waals surface area contributed by atoms with Crippen molar-refractivity contribution in [1.29, 1.82) is 0 Å². The van der Waals surface area contributed by atoms with Gasteiger partial charge in [0, 0.05) is 16.7 Å². The average molecular weight is 245 g/mol. The summed E-state index contributed by atoms with van der Waals surface area (Å²) >= 11 is 0. The second kappa shape index (κ2) is 4.04. The standard InChI is InChI=1S/C16H23NO/c1-15(2,3)14-13(18-10-16(14,4)5)11-8-6-7-9-12(11)17/h6-9H,10,17H2,1-5H3. The maximum Gasteiger partial charge on any atom is 0.129 e. The van der Waals surface area contributed by atoms with E-state index in [2.05, 4.69) is 34.6 Å². The molecule has 1 aliphatic rings. The van der Waals surface area contributed by atoms with Gasteiger partial charge in [-0.25, -0.2) is 0 Å². The van der Waals surface area contributed by atoms with Crippen molar-refractivity contribution in [3.05, 3.63) is 35.4 Å². The normalized spacial score (nSPS) is 18.9. The molecular weight excluding hydrogens is 222 g/mol. The SMILES string of the molecule is CC(C)(C)C1=C(c2ccccc2N)OCC1(C)C. The van der Waals surface area contributed by atoms with E-state index in [0.717, 1.165) is 23.6 Å². The lowest BCUT2D eigenvalue weighted by Gasteiger charge is -2.31. The van der Waals surface area contributed by atoms with Gasteiger partial charge < -0.3 is 10.5 Å². The molecule has 0 radical (unpaired) electrons. The number of anilines is 1. The quantitative estimate of drug-likeness (QED) is 0.756. The molecule has 0 saturated carbocycles. The molecule has 0 aliphatic carbocycles. The molecule has 0 saturated heterocycles. The molecule has 98 valence electrons. The van der Waals surface area contributed by atoms with Gasteiger partial charge in [0.25, 0.3) is 0 Å². The number of ether oxygens (including phenoxy) is 1. The molecule has 0 fully saturated rings. The first-order valence-electron chi connectivity index (χ1n) is 6.46. The third-order valence-corrected chi connectivity index (χ3v) is 3.44. The Morgan fingerprint density at radius 1 is 1.17 bits per heavy atom. The molecule has 0 aromatic heterocycles. The van der Waals surface area contributed by atoms with Gasteiger partial charge in [0.1, 0.15) is 5.76 Å². The van der Waals surface area contributed by atoms with Gasteiger partial charge in [-0.15, -0.1) is 0 Å². The van der Waals surface area contributed by atoms with Crippen LogP contribution in [0.15, 0.2) is 29.8 Å². The van der Waals surface area contributed by atoms with Gasteiger partial charge in [0.05, 0.1) is 6.61 Å². The molecule has 18 heavy (non-hydrogen) atoms. The Morgan fingerprint density at radius 2 is 1.78 bits per heavy atom. The van der Waals surface area contributed by atoms with Crippen LogP contribution in [0, 0.1) is 10.8 Å². The Hall–Kier alpha value is -1.44. The summed E-state index contributed by atoms with van der Waals surface area (Å²) < 4.78 is 5.97. The maximum absolute atomic E-state index is 6.08. The van der Waals surface area contributed by atoms with Crippen molar-refractivity contribution in [2.24, 2.45) is 10.8 Å². The monoisotopic (exact) mass is 245 g/mol. The van der Waals surface area contributed by atoms with Crippen LogP contribution in [0.1, 0.15) is 40.2 Å². The van der Waals surface area contributed by atoms with Crippen molar-refractivity contribution in [3.8, 4) is 0 Å². The lowest BCUT2D eigenvalue weighted by Crippen LogP contribution is -2.24. The van der Waals surface area contributed by atoms with Gasteiger partial charge in [-0.3, -0.25) is 0 Å². The molecule has 0 atom stereocenters. The van der Waals surface area contributed by atoms with Gasteiger partial charge in [0.15, 0.2) is 0 Å². The Balaban J connectivity index is 2.64. The topological polar surface area (TPSA) is 35.2 Å². The molecule has 1 aromatic rings. The molecule has 0 amide bonds. The summed E-state index contributed by atoms with van der Waals surface area (Å²) in [5.74, 6) is 0.977. The van der Waals surface area contributed by atoms with Crippen LogP contribution in [-0.4, -0.2) is 6.61 Å². The maximum atomic E-state index is 6.08. The number of benzene rings is 1. The molecule has 0 spiro atoms. The third-order valence-electron chi connectivity index (χ3n) is 3.44. The van der Waals surface area contributed by atoms with E-state index in [1.165, 1.54) is 5.57 Å². The van der Waals surface area contributed by atoms with Crippen LogP contribution in [0.4, 0.5) is 5.69 Å². The molecule has 2 N–H and O–H groups in total. The van der Waals surface area contributed by atoms with E-state index in [1.54, 1.807) is 0 Å². The van der Waals surface area contributed by atoms with E-state index in [4.69, 9.17) is 10.5 Å². The Labute approximate surface area is 110 Å². The fourth-order valence-corrected chi connectivity index (χ4v) is 2.98. The minimum Gasteiger partial charge on any atom is -0.492 e. The van der Waals surface area contributed by atoms with Crippen molar-refractivity contribution in [3.63, 3.8) is 0 Å². The molecule has 2 heteroatoms. The summed E-state index contributed by atoms with van der Waals surface area (Å²) in [5, 5.41) is 0. The smallest absolute Gasteiger partial charge is 0.129 e. The fraction of sp³-hybridized carbons (Fsp3) is 0.500. The largest absolute Gasteiger partial charge is 0.492 e. The van der Waals surface area contributed by atoms with Gasteiger partial charge in [-0.1, -0.05) is 46.8 Å². The first-order valence-corrected chi connectivity index (χ1v) is 6.46. The van der Waals surface area contributed by atoms with Crippen LogP contribution >= 0.6 is 0 Å². The number of nitrogens with two attached hydrogens (primary N) is 1. The Kier molecular flexibility index (Phi) is 2.92. The van der Waals surface area contributed by atoms with Crippen LogP contribution in [0.5, 0.6) is 0 Å². The second-order valence-electron chi connectivity index (χ2n) is 6.71. The van der Waals surface area contributed by atoms with Gasteiger partial charge in [-0.2, -0.15) is 0 Å². The van der Waals surface area contributed by atoms with Crippen molar-refractivity contribution in [1.82, 2.24) is 0 Å². The second-order valence-corrected chi connectivity index (χ2v) is 6.71. The van der Waals surface area contributed by atoms with Crippen LogP contribution in [-0.2, 0) is 4.74 Å². The van der Waals surface area contributed by atoms with E-state index in [0.29, 0.717) is 0 Å². The Morgan fingerprint density at radius 3 is 2.33 bits per heavy atom. The summed E-state index contributed by atoms with van der Waals surface area (Å²) in [6.45, 7) is 11.9. The molecule has 2 rings (SSSR count). The molecular formula is C16H23NO. The van der Waals surface area contributed by atoms with Crippen LogP contribution in [0.2, 0.25) is 0 Å². The van der Waals surface area contributed by atoms with Crippen molar-refractivity contribution in [2.45, 2.75) is 34.6 Å². The molecule has 1 aromatic carbocycles. The van der Waals surface area contributed by atoms with Crippen molar-refractivity contribution >= 4 is 11.4 Å². The lowest BCUT2D eigenvalue weighted by atomic mass is 9.71. The van der Waals surface area contributed by atoms with Crippen molar-refractivity contribution < 1.29 is 4.74 Å². The summed E-state index contributed by atoms with van der Waals surface area (Å²) in [5.41, 5.74) is 9.39. The number of para-hydroxylation sites is 1. The summed E-state index contributed by atoms with van der Waals surface area (Å²) in [6, 6.07) is 7.93. The fourth-order valence-electron chi connectivity index (χ4n) is 2.98. The van der Waals surface area contributed by atoms with Gasteiger partial charge >= 0.3 is 0 Å². The highest BCUT2D eigenvalue weighted by Crippen LogP contribution is 2.50. The highest BCUT2D eigenvalue weighted by Gasteiger charge is 2.41. The minimum atomic E-state index is 0.0653. The van der Waals surface area contributed by atoms with Crippen LogP contribution < -0.4 is 5.73 Å². The number of rotatable bonds is 1. The highest BCUT2D eigenvalue weighted by atomic mass is 16.5. The minimum absolute atomic E-state index is 0.0653. The first kappa shape index (κ1) is 13.0. The molecule has 0 bridgehead atoms. The predicted octanol–water partition coefficient (Wildman–Crippen LogP) is 4.08. The van der Waals surface area contributed by atoms with E-state index >= 15 is 0 Å². The van der Waals surface area contributed by atoms with E-state index in [9.17, 15) is 0 Å². The highest BCUT2D eigenvalue weighted by molar-refractivity contribution is 5.75. The Bertz CT molecular complexity index is 492. The number of nitrogen functional groups attached to an aromatic ring is 1. The van der Waals surface area contributed by atoms with Crippen LogP contribution in [0.3, 0.4) is 0 Å². The van der Waals surface area contributed by atoms with Crippen LogP contribution in [0.25, 0.3) is 5.76 Å². The number of hydrogen-bond acceptors (Lipinski definition) is 2. The van der Waals surface area contributed by atoms with Gasteiger partial charge in [0.2, 0.25) is 0 Å².